The Morgan fingerprint density at radius 3 is 2.88 bits per heavy atom. The maximum Gasteiger partial charge on any atom is 0.324 e. The molecule has 0 fully saturated rings. The smallest absolute Gasteiger partial charge is 0.324 e. The van der Waals surface area contributed by atoms with Gasteiger partial charge in [-0.05, 0) is 5.56 Å². The van der Waals surface area contributed by atoms with Gasteiger partial charge in [-0.3, -0.25) is 10.1 Å². The minimum absolute atomic E-state index is 0.132. The third kappa shape index (κ3) is 4.24. The molecular formula is C8H12N4O3S. The average molecular weight is 244 g/mol. The van der Waals surface area contributed by atoms with Gasteiger partial charge in [0.15, 0.2) is 0 Å². The number of carbonyl (C=O) groups is 1. The van der Waals surface area contributed by atoms with Gasteiger partial charge in [0.2, 0.25) is 0 Å². The summed E-state index contributed by atoms with van der Waals surface area (Å²) in [5, 5.41) is 17.7. The fourth-order valence-corrected chi connectivity index (χ4v) is 1.79. The molecule has 16 heavy (non-hydrogen) atoms. The largest absolute Gasteiger partial charge is 0.352 e. The van der Waals surface area contributed by atoms with E-state index < -0.39 is 11.0 Å². The molecule has 8 heteroatoms. The van der Waals surface area contributed by atoms with Crippen molar-refractivity contribution in [1.29, 1.82) is 0 Å². The van der Waals surface area contributed by atoms with Crippen LogP contribution in [0.25, 0.3) is 0 Å². The van der Waals surface area contributed by atoms with Crippen molar-refractivity contribution in [3.05, 3.63) is 27.1 Å². The molecule has 0 saturated carbocycles. The van der Waals surface area contributed by atoms with Gasteiger partial charge in [0.25, 0.3) is 0 Å². The lowest BCUT2D eigenvalue weighted by Crippen LogP contribution is -2.35. The number of rotatable bonds is 6. The molecule has 0 aliphatic carbocycles. The monoisotopic (exact) mass is 244 g/mol. The molecule has 0 radical (unpaired) electrons. The van der Waals surface area contributed by atoms with Crippen molar-refractivity contribution in [2.45, 2.75) is 6.54 Å². The minimum atomic E-state index is -0.562. The highest BCUT2D eigenvalue weighted by Gasteiger charge is 2.08. The fraction of sp³-hybridized carbons (Fsp3) is 0.375. The summed E-state index contributed by atoms with van der Waals surface area (Å²) in [5.74, 6) is 0. The highest BCUT2D eigenvalue weighted by atomic mass is 32.1. The Hall–Kier alpha value is -1.67. The van der Waals surface area contributed by atoms with Crippen molar-refractivity contribution in [2.75, 3.05) is 13.1 Å². The fourth-order valence-electron chi connectivity index (χ4n) is 1.06. The molecule has 0 atom stereocenters. The van der Waals surface area contributed by atoms with Crippen LogP contribution in [0.2, 0.25) is 0 Å². The number of hydrogen-bond donors (Lipinski definition) is 3. The summed E-state index contributed by atoms with van der Waals surface area (Å²) in [4.78, 5) is 20.3. The molecule has 0 aromatic carbocycles. The second-order valence-electron chi connectivity index (χ2n) is 3.02. The Kier molecular flexibility index (Phi) is 4.67. The van der Waals surface area contributed by atoms with E-state index in [0.29, 0.717) is 19.6 Å². The van der Waals surface area contributed by atoms with Crippen LogP contribution in [0.3, 0.4) is 0 Å². The lowest BCUT2D eigenvalue weighted by Gasteiger charge is -2.02. The first-order chi connectivity index (χ1) is 7.59. The standard InChI is InChI=1S/C8H12N4O3S/c9-8(13)11-2-1-10-4-6-3-7(12(14)15)16-5-6/h3,5,10H,1-2,4H2,(H3,9,11,13). The van der Waals surface area contributed by atoms with Crippen molar-refractivity contribution < 1.29 is 9.72 Å². The maximum atomic E-state index is 10.4. The molecule has 0 saturated heterocycles. The van der Waals surface area contributed by atoms with E-state index in [1.165, 1.54) is 6.07 Å². The molecule has 0 bridgehead atoms. The molecule has 1 heterocycles. The van der Waals surface area contributed by atoms with Crippen molar-refractivity contribution in [1.82, 2.24) is 10.6 Å². The zero-order chi connectivity index (χ0) is 12.0. The molecule has 7 nitrogen and oxygen atoms in total. The third-order valence-electron chi connectivity index (χ3n) is 1.75. The van der Waals surface area contributed by atoms with Crippen molar-refractivity contribution in [3.63, 3.8) is 0 Å². The number of nitrogens with one attached hydrogen (secondary N) is 2. The molecule has 2 amide bonds. The Morgan fingerprint density at radius 1 is 1.56 bits per heavy atom. The highest BCUT2D eigenvalue weighted by Crippen LogP contribution is 2.22. The van der Waals surface area contributed by atoms with Crippen LogP contribution < -0.4 is 16.4 Å². The SMILES string of the molecule is NC(=O)NCCNCc1csc([N+](=O)[O-])c1. The van der Waals surface area contributed by atoms with Crippen LogP contribution in [0, 0.1) is 10.1 Å². The van der Waals surface area contributed by atoms with E-state index in [4.69, 9.17) is 5.73 Å². The number of urea groups is 1. The van der Waals surface area contributed by atoms with Crippen LogP contribution in [-0.2, 0) is 6.54 Å². The summed E-state index contributed by atoms with van der Waals surface area (Å²) in [5.41, 5.74) is 5.73. The van der Waals surface area contributed by atoms with Gasteiger partial charge in [0.1, 0.15) is 0 Å². The van der Waals surface area contributed by atoms with E-state index in [-0.39, 0.29) is 5.00 Å². The lowest BCUT2D eigenvalue weighted by molar-refractivity contribution is -0.380. The van der Waals surface area contributed by atoms with Crippen LogP contribution in [0.1, 0.15) is 5.56 Å². The predicted molar refractivity (Wildman–Crippen MR) is 60.3 cm³/mol. The molecular weight excluding hydrogens is 232 g/mol. The van der Waals surface area contributed by atoms with Crippen LogP contribution in [-0.4, -0.2) is 24.0 Å². The predicted octanol–water partition coefficient (Wildman–Crippen LogP) is 0.414. The first-order valence-corrected chi connectivity index (χ1v) is 5.43. The van der Waals surface area contributed by atoms with Crippen LogP contribution >= 0.6 is 11.3 Å². The number of nitrogens with zero attached hydrogens (tertiary/aromatic N) is 1. The quantitative estimate of drug-likeness (QED) is 0.382. The van der Waals surface area contributed by atoms with E-state index in [1.54, 1.807) is 5.38 Å². The summed E-state index contributed by atoms with van der Waals surface area (Å²) in [6.07, 6.45) is 0. The van der Waals surface area contributed by atoms with Crippen LogP contribution in [0.4, 0.5) is 9.80 Å². The van der Waals surface area contributed by atoms with Gasteiger partial charge < -0.3 is 16.4 Å². The minimum Gasteiger partial charge on any atom is -0.352 e. The lowest BCUT2D eigenvalue weighted by atomic mass is 10.3. The van der Waals surface area contributed by atoms with Gasteiger partial charge in [-0.15, -0.1) is 0 Å². The topological polar surface area (TPSA) is 110 Å². The Bertz CT molecular complexity index is 379. The molecule has 0 aliphatic heterocycles. The molecule has 1 rings (SSSR count). The van der Waals surface area contributed by atoms with Gasteiger partial charge in [0.05, 0.1) is 4.92 Å². The molecule has 0 unspecified atom stereocenters. The molecule has 1 aromatic heterocycles. The Labute approximate surface area is 95.8 Å². The van der Waals surface area contributed by atoms with Crippen LogP contribution in [0.5, 0.6) is 0 Å². The normalized spacial score (nSPS) is 10.0. The first-order valence-electron chi connectivity index (χ1n) is 4.55. The third-order valence-corrected chi connectivity index (χ3v) is 2.68. The number of amides is 2. The van der Waals surface area contributed by atoms with E-state index >= 15 is 0 Å². The Balaban J connectivity index is 2.21. The van der Waals surface area contributed by atoms with E-state index in [0.717, 1.165) is 16.9 Å². The molecule has 4 N–H and O–H groups in total. The van der Waals surface area contributed by atoms with Crippen molar-refractivity contribution >= 4 is 22.4 Å². The molecule has 1 aromatic rings. The molecule has 0 aliphatic rings. The highest BCUT2D eigenvalue weighted by molar-refractivity contribution is 7.13. The van der Waals surface area contributed by atoms with E-state index in [9.17, 15) is 14.9 Å². The van der Waals surface area contributed by atoms with E-state index in [2.05, 4.69) is 10.6 Å². The van der Waals surface area contributed by atoms with E-state index in [1.807, 2.05) is 0 Å². The second kappa shape index (κ2) is 6.03. The zero-order valence-corrected chi connectivity index (χ0v) is 9.25. The average Bonchev–Trinajstić information content (AvgIpc) is 2.65. The maximum absolute atomic E-state index is 10.4. The van der Waals surface area contributed by atoms with Gasteiger partial charge in [0, 0.05) is 31.1 Å². The zero-order valence-electron chi connectivity index (χ0n) is 8.43. The second-order valence-corrected chi connectivity index (χ2v) is 3.91. The molecule has 88 valence electrons. The van der Waals surface area contributed by atoms with Crippen molar-refractivity contribution in [3.8, 4) is 0 Å². The molecule has 0 spiro atoms. The summed E-state index contributed by atoms with van der Waals surface area (Å²) in [7, 11) is 0. The van der Waals surface area contributed by atoms with Gasteiger partial charge in [-0.2, -0.15) is 0 Å². The number of hydrogen-bond acceptors (Lipinski definition) is 5. The number of carbonyl (C=O) groups excluding carboxylic acids is 1. The summed E-state index contributed by atoms with van der Waals surface area (Å²) >= 11 is 1.10. The number of nitrogens with two attached hydrogens (primary N) is 1. The van der Waals surface area contributed by atoms with Gasteiger partial charge in [-0.25, -0.2) is 4.79 Å². The van der Waals surface area contributed by atoms with Gasteiger partial charge >= 0.3 is 11.0 Å². The van der Waals surface area contributed by atoms with Crippen molar-refractivity contribution in [2.24, 2.45) is 5.73 Å². The van der Waals surface area contributed by atoms with Crippen LogP contribution in [0.15, 0.2) is 11.4 Å². The van der Waals surface area contributed by atoms with Gasteiger partial charge in [-0.1, -0.05) is 11.3 Å². The summed E-state index contributed by atoms with van der Waals surface area (Å²) in [6, 6.07) is 0.965. The summed E-state index contributed by atoms with van der Waals surface area (Å²) < 4.78 is 0. The summed E-state index contributed by atoms with van der Waals surface area (Å²) in [6.45, 7) is 1.53. The first kappa shape index (κ1) is 12.4. The number of thiophene rings is 1. The number of primary amides is 1. The number of nitro groups is 1. The Morgan fingerprint density at radius 2 is 2.31 bits per heavy atom.